The second kappa shape index (κ2) is 14.3. The second-order valence-corrected chi connectivity index (χ2v) is 12.7. The van der Waals surface area contributed by atoms with Crippen molar-refractivity contribution in [1.29, 1.82) is 0 Å². The van der Waals surface area contributed by atoms with E-state index in [-0.39, 0.29) is 36.3 Å². The lowest BCUT2D eigenvalue weighted by molar-refractivity contribution is -0.133. The Morgan fingerprint density at radius 3 is 2.40 bits per heavy atom. The van der Waals surface area contributed by atoms with Crippen LogP contribution in [0.15, 0.2) is 75.5 Å². The van der Waals surface area contributed by atoms with E-state index in [1.54, 1.807) is 35.6 Å². The third-order valence-electron chi connectivity index (χ3n) is 8.02. The molecule has 0 spiro atoms. The molecule has 3 aromatic heterocycles. The molecule has 0 saturated carbocycles. The van der Waals surface area contributed by atoms with E-state index in [1.807, 2.05) is 30.1 Å². The number of hydrogen-bond acceptors (Lipinski definition) is 10. The van der Waals surface area contributed by atoms with Crippen LogP contribution in [0.4, 0.5) is 17.2 Å². The number of aromatic amines is 1. The summed E-state index contributed by atoms with van der Waals surface area (Å²) in [6.07, 6.45) is 3.67. The molecule has 5 aromatic rings. The number of carbonyl (C=O) groups is 2. The van der Waals surface area contributed by atoms with Gasteiger partial charge in [-0.1, -0.05) is 23.9 Å². The SMILES string of the molecule is CC(=O)NCCOCCC(=O)N(Cc1ccncc1)Cc1ccc2c(c1)Sc1cc(Cn3c(=O)[nH]c4c(N)nc(C)nc43)ccc1N2C. The Morgan fingerprint density at radius 2 is 1.67 bits per heavy atom. The molecule has 2 aromatic carbocycles. The predicted molar refractivity (Wildman–Crippen MR) is 184 cm³/mol. The monoisotopic (exact) mass is 667 g/mol. The van der Waals surface area contributed by atoms with Gasteiger partial charge in [-0.3, -0.25) is 19.1 Å². The van der Waals surface area contributed by atoms with Gasteiger partial charge >= 0.3 is 5.69 Å². The van der Waals surface area contributed by atoms with Crippen LogP contribution in [0.2, 0.25) is 0 Å². The molecule has 4 N–H and O–H groups in total. The maximum atomic E-state index is 13.4. The number of amides is 2. The van der Waals surface area contributed by atoms with E-state index in [2.05, 4.69) is 60.5 Å². The Bertz CT molecular complexity index is 2030. The molecule has 4 heterocycles. The van der Waals surface area contributed by atoms with E-state index in [0.29, 0.717) is 49.8 Å². The number of hydrogen-bond donors (Lipinski definition) is 3. The molecule has 14 heteroatoms. The first kappa shape index (κ1) is 32.7. The first-order valence-electron chi connectivity index (χ1n) is 15.5. The molecule has 2 amide bonds. The van der Waals surface area contributed by atoms with Crippen LogP contribution in [0.5, 0.6) is 0 Å². The standard InChI is InChI=1S/C34H37N9O4S/c1-21-38-32(35)31-33(39-21)43(34(46)40-31)20-25-5-7-27-29(17-25)48-28-16-24(4-6-26(28)41(27)3)19-42(18-23-8-11-36-12-9-23)30(45)10-14-47-15-13-37-22(2)44/h4-9,11-12,16-17H,10,13-15,18-20H2,1-3H3,(H,37,44)(H,40,46)(H2,35,38,39). The third-order valence-corrected chi connectivity index (χ3v) is 9.12. The van der Waals surface area contributed by atoms with E-state index >= 15 is 0 Å². The zero-order valence-corrected chi connectivity index (χ0v) is 27.8. The fraction of sp³-hybridized carbons (Fsp3) is 0.294. The van der Waals surface area contributed by atoms with Crippen LogP contribution in [0, 0.1) is 6.92 Å². The number of fused-ring (bicyclic) bond motifs is 3. The van der Waals surface area contributed by atoms with Gasteiger partial charge in [0.2, 0.25) is 11.8 Å². The number of nitrogens with zero attached hydrogens (tertiary/aromatic N) is 6. The smallest absolute Gasteiger partial charge is 0.328 e. The number of aromatic nitrogens is 5. The van der Waals surface area contributed by atoms with Gasteiger partial charge in [-0.25, -0.2) is 14.8 Å². The van der Waals surface area contributed by atoms with Gasteiger partial charge in [0.1, 0.15) is 11.3 Å². The molecule has 0 saturated heterocycles. The van der Waals surface area contributed by atoms with Gasteiger partial charge in [0, 0.05) is 55.8 Å². The van der Waals surface area contributed by atoms with Crippen LogP contribution in [0.3, 0.4) is 0 Å². The van der Waals surface area contributed by atoms with Gasteiger partial charge in [0.15, 0.2) is 11.5 Å². The Hall–Kier alpha value is -5.21. The molecule has 1 aliphatic heterocycles. The number of nitrogen functional groups attached to an aromatic ring is 1. The third kappa shape index (κ3) is 7.34. The molecule has 48 heavy (non-hydrogen) atoms. The maximum Gasteiger partial charge on any atom is 0.328 e. The number of pyridine rings is 1. The molecule has 0 aliphatic carbocycles. The minimum atomic E-state index is -0.295. The first-order chi connectivity index (χ1) is 23.2. The normalized spacial score (nSPS) is 12.1. The van der Waals surface area contributed by atoms with Crippen molar-refractivity contribution >= 4 is 51.9 Å². The van der Waals surface area contributed by atoms with Crippen LogP contribution in [0.1, 0.15) is 35.9 Å². The lowest BCUT2D eigenvalue weighted by Gasteiger charge is -2.31. The van der Waals surface area contributed by atoms with Gasteiger partial charge in [-0.15, -0.1) is 0 Å². The van der Waals surface area contributed by atoms with E-state index in [0.717, 1.165) is 37.9 Å². The summed E-state index contributed by atoms with van der Waals surface area (Å²) in [6, 6.07) is 16.3. The molecule has 0 atom stereocenters. The molecule has 0 fully saturated rings. The molecular formula is C34H37N9O4S. The highest BCUT2D eigenvalue weighted by molar-refractivity contribution is 7.99. The lowest BCUT2D eigenvalue weighted by Crippen LogP contribution is -2.31. The summed E-state index contributed by atoms with van der Waals surface area (Å²) in [4.78, 5) is 59.0. The number of anilines is 3. The number of benzene rings is 2. The van der Waals surface area contributed by atoms with Crippen LogP contribution in [-0.2, 0) is 34.0 Å². The zero-order chi connectivity index (χ0) is 33.8. The number of aryl methyl sites for hydroxylation is 1. The van der Waals surface area contributed by atoms with Crippen molar-refractivity contribution in [1.82, 2.24) is 34.7 Å². The number of nitrogens with two attached hydrogens (primary N) is 1. The molecule has 1 aliphatic rings. The average Bonchev–Trinajstić information content (AvgIpc) is 3.37. The molecule has 0 unspecified atom stereocenters. The van der Waals surface area contributed by atoms with Crippen molar-refractivity contribution in [2.24, 2.45) is 0 Å². The van der Waals surface area contributed by atoms with E-state index in [4.69, 9.17) is 10.5 Å². The average molecular weight is 668 g/mol. The van der Waals surface area contributed by atoms with Gasteiger partial charge in [-0.05, 0) is 60.0 Å². The van der Waals surface area contributed by atoms with Crippen molar-refractivity contribution in [2.45, 2.75) is 49.7 Å². The summed E-state index contributed by atoms with van der Waals surface area (Å²) < 4.78 is 7.17. The van der Waals surface area contributed by atoms with Gasteiger partial charge < -0.3 is 30.6 Å². The summed E-state index contributed by atoms with van der Waals surface area (Å²) in [5, 5.41) is 2.69. The summed E-state index contributed by atoms with van der Waals surface area (Å²) in [5.74, 6) is 0.598. The highest BCUT2D eigenvalue weighted by Crippen LogP contribution is 2.48. The Morgan fingerprint density at radius 1 is 0.979 bits per heavy atom. The first-order valence-corrected chi connectivity index (χ1v) is 16.4. The highest BCUT2D eigenvalue weighted by Gasteiger charge is 2.23. The zero-order valence-electron chi connectivity index (χ0n) is 27.0. The number of nitrogens with one attached hydrogen (secondary N) is 2. The van der Waals surface area contributed by atoms with Crippen LogP contribution < -0.4 is 21.6 Å². The Balaban J connectivity index is 1.19. The number of carbonyl (C=O) groups excluding carboxylic acids is 2. The quantitative estimate of drug-likeness (QED) is 0.167. The van der Waals surface area contributed by atoms with Crippen molar-refractivity contribution in [3.63, 3.8) is 0 Å². The molecule has 0 bridgehead atoms. The van der Waals surface area contributed by atoms with E-state index < -0.39 is 0 Å². The largest absolute Gasteiger partial charge is 0.382 e. The minimum Gasteiger partial charge on any atom is -0.382 e. The molecule has 248 valence electrons. The number of H-pyrrole nitrogens is 1. The van der Waals surface area contributed by atoms with Crippen molar-refractivity contribution in [3.8, 4) is 0 Å². The number of imidazole rings is 1. The molecular weight excluding hydrogens is 630 g/mol. The Kier molecular flexibility index (Phi) is 9.73. The topological polar surface area (TPSA) is 164 Å². The number of rotatable bonds is 12. The summed E-state index contributed by atoms with van der Waals surface area (Å²) >= 11 is 1.66. The summed E-state index contributed by atoms with van der Waals surface area (Å²) in [6.45, 7) is 5.40. The summed E-state index contributed by atoms with van der Waals surface area (Å²) in [7, 11) is 2.04. The fourth-order valence-corrected chi connectivity index (χ4v) is 6.93. The van der Waals surface area contributed by atoms with Crippen LogP contribution in [0.25, 0.3) is 11.2 Å². The van der Waals surface area contributed by atoms with Crippen molar-refractivity contribution in [3.05, 3.63) is 93.9 Å². The van der Waals surface area contributed by atoms with Crippen molar-refractivity contribution in [2.75, 3.05) is 37.4 Å². The highest BCUT2D eigenvalue weighted by atomic mass is 32.2. The fourth-order valence-electron chi connectivity index (χ4n) is 5.65. The lowest BCUT2D eigenvalue weighted by atomic mass is 10.1. The van der Waals surface area contributed by atoms with Crippen LogP contribution >= 0.6 is 11.8 Å². The van der Waals surface area contributed by atoms with Gasteiger partial charge in [0.25, 0.3) is 0 Å². The molecule has 0 radical (unpaired) electrons. The predicted octanol–water partition coefficient (Wildman–Crippen LogP) is 3.76. The maximum absolute atomic E-state index is 13.4. The van der Waals surface area contributed by atoms with E-state index in [9.17, 15) is 14.4 Å². The van der Waals surface area contributed by atoms with E-state index in [1.165, 1.54) is 6.92 Å². The molecule has 13 nitrogen and oxygen atoms in total. The number of ether oxygens (including phenoxy) is 1. The second-order valence-electron chi connectivity index (χ2n) is 11.6. The van der Waals surface area contributed by atoms with Gasteiger partial charge in [-0.2, -0.15) is 0 Å². The van der Waals surface area contributed by atoms with Crippen molar-refractivity contribution < 1.29 is 14.3 Å². The van der Waals surface area contributed by atoms with Crippen LogP contribution in [-0.4, -0.2) is 68.0 Å². The van der Waals surface area contributed by atoms with Gasteiger partial charge in [0.05, 0.1) is 37.6 Å². The minimum absolute atomic E-state index is 0.0291. The Labute approximate surface area is 281 Å². The molecule has 6 rings (SSSR count). The summed E-state index contributed by atoms with van der Waals surface area (Å²) in [5.41, 5.74) is 11.7.